The van der Waals surface area contributed by atoms with Crippen LogP contribution in [0.5, 0.6) is 0 Å². The predicted octanol–water partition coefficient (Wildman–Crippen LogP) is 3.98. The number of nitrogens with zero attached hydrogens (tertiary/aromatic N) is 1. The van der Waals surface area contributed by atoms with Crippen LogP contribution in [0.4, 0.5) is 11.4 Å². The Morgan fingerprint density at radius 3 is 2.54 bits per heavy atom. The van der Waals surface area contributed by atoms with Gasteiger partial charge in [0.15, 0.2) is 0 Å². The minimum atomic E-state index is -3.52. The summed E-state index contributed by atoms with van der Waals surface area (Å²) in [6, 6.07) is 12.5. The maximum absolute atomic E-state index is 13.0. The topological polar surface area (TPSA) is 78.5 Å². The molecule has 1 aliphatic heterocycles. The average Bonchev–Trinajstić information content (AvgIpc) is 2.69. The normalized spacial score (nSPS) is 15.2. The zero-order valence-electron chi connectivity index (χ0n) is 15.7. The van der Waals surface area contributed by atoms with E-state index in [1.807, 2.05) is 18.2 Å². The molecular weight excluding hydrogens is 442 g/mol. The number of sulfonamides is 1. The SMILES string of the molecule is Cc1ccc(NCC(=O)Nc2ccccc2Br)cc1S(=O)(=O)N1CCCCC1. The standard InChI is InChI=1S/C20H24BrN3O3S/c1-15-9-10-16(13-19(15)28(26,27)24-11-5-2-6-12-24)22-14-20(25)23-18-8-4-3-7-17(18)21/h3-4,7-10,13,22H,2,5-6,11-12,14H2,1H3,(H,23,25). The maximum Gasteiger partial charge on any atom is 0.243 e. The summed E-state index contributed by atoms with van der Waals surface area (Å²) in [5.74, 6) is -0.215. The van der Waals surface area contributed by atoms with Gasteiger partial charge < -0.3 is 10.6 Å². The number of carbonyl (C=O) groups excluding carboxylic acids is 1. The molecule has 2 aromatic rings. The van der Waals surface area contributed by atoms with Crippen molar-refractivity contribution in [2.45, 2.75) is 31.1 Å². The molecule has 0 spiro atoms. The maximum atomic E-state index is 13.0. The highest BCUT2D eigenvalue weighted by molar-refractivity contribution is 9.10. The Labute approximate surface area is 174 Å². The van der Waals surface area contributed by atoms with Crippen LogP contribution in [0.1, 0.15) is 24.8 Å². The summed E-state index contributed by atoms with van der Waals surface area (Å²) in [6.07, 6.45) is 2.86. The smallest absolute Gasteiger partial charge is 0.243 e. The van der Waals surface area contributed by atoms with Crippen molar-refractivity contribution in [1.82, 2.24) is 4.31 Å². The molecule has 2 aromatic carbocycles. The van der Waals surface area contributed by atoms with E-state index in [1.165, 1.54) is 0 Å². The number of benzene rings is 2. The Hall–Kier alpha value is -1.90. The Morgan fingerprint density at radius 1 is 1.11 bits per heavy atom. The number of para-hydroxylation sites is 1. The van der Waals surface area contributed by atoms with Crippen molar-refractivity contribution in [1.29, 1.82) is 0 Å². The third kappa shape index (κ3) is 4.92. The van der Waals surface area contributed by atoms with Gasteiger partial charge in [-0.25, -0.2) is 8.42 Å². The third-order valence-corrected chi connectivity index (χ3v) is 7.45. The molecular formula is C20H24BrN3O3S. The summed E-state index contributed by atoms with van der Waals surface area (Å²) in [5.41, 5.74) is 1.99. The minimum absolute atomic E-state index is 0.0353. The molecule has 0 saturated carbocycles. The van der Waals surface area contributed by atoms with Crippen LogP contribution in [0, 0.1) is 6.92 Å². The van der Waals surface area contributed by atoms with Crippen molar-refractivity contribution < 1.29 is 13.2 Å². The lowest BCUT2D eigenvalue weighted by Gasteiger charge is -2.26. The zero-order chi connectivity index (χ0) is 20.1. The molecule has 0 atom stereocenters. The summed E-state index contributed by atoms with van der Waals surface area (Å²) in [5, 5.41) is 5.83. The van der Waals surface area contributed by atoms with E-state index in [-0.39, 0.29) is 12.5 Å². The molecule has 3 rings (SSSR count). The van der Waals surface area contributed by atoms with Crippen LogP contribution in [-0.2, 0) is 14.8 Å². The Bertz CT molecular complexity index is 957. The molecule has 1 fully saturated rings. The number of rotatable bonds is 6. The van der Waals surface area contributed by atoms with Crippen molar-refractivity contribution in [3.8, 4) is 0 Å². The second-order valence-corrected chi connectivity index (χ2v) is 9.59. The molecule has 1 heterocycles. The van der Waals surface area contributed by atoms with Crippen LogP contribution in [0.3, 0.4) is 0 Å². The van der Waals surface area contributed by atoms with Crippen molar-refractivity contribution in [3.05, 3.63) is 52.5 Å². The fourth-order valence-corrected chi connectivity index (χ4v) is 5.32. The van der Waals surface area contributed by atoms with Crippen LogP contribution < -0.4 is 10.6 Å². The van der Waals surface area contributed by atoms with Gasteiger partial charge in [-0.15, -0.1) is 0 Å². The average molecular weight is 466 g/mol. The van der Waals surface area contributed by atoms with Gasteiger partial charge >= 0.3 is 0 Å². The first-order valence-corrected chi connectivity index (χ1v) is 11.5. The molecule has 1 amide bonds. The van der Waals surface area contributed by atoms with Crippen molar-refractivity contribution >= 4 is 43.2 Å². The first-order valence-electron chi connectivity index (χ1n) is 9.27. The predicted molar refractivity (Wildman–Crippen MR) is 115 cm³/mol. The summed E-state index contributed by atoms with van der Waals surface area (Å²) < 4.78 is 28.3. The summed E-state index contributed by atoms with van der Waals surface area (Å²) in [4.78, 5) is 12.5. The number of hydrogen-bond donors (Lipinski definition) is 2. The first-order chi connectivity index (χ1) is 13.4. The van der Waals surface area contributed by atoms with E-state index in [9.17, 15) is 13.2 Å². The minimum Gasteiger partial charge on any atom is -0.376 e. The van der Waals surface area contributed by atoms with Gasteiger partial charge in [-0.2, -0.15) is 4.31 Å². The van der Waals surface area contributed by atoms with E-state index in [0.29, 0.717) is 34.9 Å². The second kappa shape index (κ2) is 9.07. The highest BCUT2D eigenvalue weighted by atomic mass is 79.9. The number of hydrogen-bond acceptors (Lipinski definition) is 4. The molecule has 1 saturated heterocycles. The molecule has 0 unspecified atom stereocenters. The number of halogens is 1. The second-order valence-electron chi connectivity index (χ2n) is 6.83. The summed E-state index contributed by atoms with van der Waals surface area (Å²) in [6.45, 7) is 2.95. The van der Waals surface area contributed by atoms with E-state index < -0.39 is 10.0 Å². The quantitative estimate of drug-likeness (QED) is 0.675. The van der Waals surface area contributed by atoms with Crippen LogP contribution >= 0.6 is 15.9 Å². The molecule has 0 radical (unpaired) electrons. The molecule has 6 nitrogen and oxygen atoms in total. The number of aryl methyl sites for hydroxylation is 1. The lowest BCUT2D eigenvalue weighted by molar-refractivity contribution is -0.114. The monoisotopic (exact) mass is 465 g/mol. The van der Waals surface area contributed by atoms with Gasteiger partial charge in [-0.05, 0) is 65.5 Å². The summed E-state index contributed by atoms with van der Waals surface area (Å²) >= 11 is 3.39. The number of piperidine rings is 1. The van der Waals surface area contributed by atoms with Crippen molar-refractivity contribution in [3.63, 3.8) is 0 Å². The van der Waals surface area contributed by atoms with Gasteiger partial charge in [0.05, 0.1) is 17.1 Å². The van der Waals surface area contributed by atoms with E-state index >= 15 is 0 Å². The van der Waals surface area contributed by atoms with Gasteiger partial charge in [-0.3, -0.25) is 4.79 Å². The van der Waals surface area contributed by atoms with Gasteiger partial charge in [0.1, 0.15) is 0 Å². The van der Waals surface area contributed by atoms with Gasteiger partial charge in [0.2, 0.25) is 15.9 Å². The summed E-state index contributed by atoms with van der Waals surface area (Å²) in [7, 11) is -3.52. The van der Waals surface area contributed by atoms with Gasteiger partial charge in [0, 0.05) is 23.2 Å². The van der Waals surface area contributed by atoms with Gasteiger partial charge in [-0.1, -0.05) is 24.6 Å². The number of nitrogens with one attached hydrogen (secondary N) is 2. The number of anilines is 2. The Morgan fingerprint density at radius 2 is 1.82 bits per heavy atom. The largest absolute Gasteiger partial charge is 0.376 e. The van der Waals surface area contributed by atoms with Crippen molar-refractivity contribution in [2.75, 3.05) is 30.3 Å². The molecule has 2 N–H and O–H groups in total. The highest BCUT2D eigenvalue weighted by Crippen LogP contribution is 2.26. The third-order valence-electron chi connectivity index (χ3n) is 4.72. The van der Waals surface area contributed by atoms with Crippen LogP contribution in [0.15, 0.2) is 51.8 Å². The zero-order valence-corrected chi connectivity index (χ0v) is 18.1. The van der Waals surface area contributed by atoms with E-state index in [1.54, 1.807) is 35.5 Å². The molecule has 8 heteroatoms. The fourth-order valence-electron chi connectivity index (χ4n) is 3.17. The van der Waals surface area contributed by atoms with E-state index in [2.05, 4.69) is 26.6 Å². The van der Waals surface area contributed by atoms with Crippen molar-refractivity contribution in [2.24, 2.45) is 0 Å². The highest BCUT2D eigenvalue weighted by Gasteiger charge is 2.27. The molecule has 0 aromatic heterocycles. The molecule has 28 heavy (non-hydrogen) atoms. The molecule has 1 aliphatic rings. The lowest BCUT2D eigenvalue weighted by Crippen LogP contribution is -2.36. The number of amides is 1. The lowest BCUT2D eigenvalue weighted by atomic mass is 10.2. The number of carbonyl (C=O) groups is 1. The molecule has 0 aliphatic carbocycles. The van der Waals surface area contributed by atoms with Gasteiger partial charge in [0.25, 0.3) is 0 Å². The molecule has 0 bridgehead atoms. The van der Waals surface area contributed by atoms with Crippen LogP contribution in [0.2, 0.25) is 0 Å². The molecule has 150 valence electrons. The van der Waals surface area contributed by atoms with E-state index in [4.69, 9.17) is 0 Å². The fraction of sp³-hybridized carbons (Fsp3) is 0.350. The van der Waals surface area contributed by atoms with E-state index in [0.717, 1.165) is 23.7 Å². The van der Waals surface area contributed by atoms with Crippen LogP contribution in [0.25, 0.3) is 0 Å². The Balaban J connectivity index is 1.69. The first kappa shape index (κ1) is 20.8. The van der Waals surface area contributed by atoms with Crippen LogP contribution in [-0.4, -0.2) is 38.3 Å². The Kier molecular flexibility index (Phi) is 6.74.